The smallest absolute Gasteiger partial charge is 0.303 e. The van der Waals surface area contributed by atoms with Gasteiger partial charge in [-0.2, -0.15) is 0 Å². The lowest BCUT2D eigenvalue weighted by atomic mass is 9.42. The van der Waals surface area contributed by atoms with Crippen molar-refractivity contribution in [2.75, 3.05) is 0 Å². The third kappa shape index (κ3) is 4.40. The number of aliphatic hydroxyl groups is 3. The first-order valence-corrected chi connectivity index (χ1v) is 14.4. The summed E-state index contributed by atoms with van der Waals surface area (Å²) < 4.78 is 5.60. The molecule has 0 radical (unpaired) electrons. The van der Waals surface area contributed by atoms with E-state index in [4.69, 9.17) is 4.74 Å². The Balaban J connectivity index is 1.46. The van der Waals surface area contributed by atoms with Crippen LogP contribution < -0.4 is 0 Å². The second kappa shape index (κ2) is 9.27. The lowest BCUT2D eigenvalue weighted by molar-refractivity contribution is -0.264. The molecule has 4 aliphatic carbocycles. The molecule has 4 fully saturated rings. The van der Waals surface area contributed by atoms with Gasteiger partial charge in [-0.25, -0.2) is 0 Å². The zero-order chi connectivity index (χ0) is 26.0. The van der Waals surface area contributed by atoms with Crippen LogP contribution in [0.1, 0.15) is 113 Å². The van der Waals surface area contributed by atoms with Crippen LogP contribution in [-0.4, -0.2) is 44.7 Å². The van der Waals surface area contributed by atoms with E-state index in [1.165, 1.54) is 26.2 Å². The Morgan fingerprint density at radius 3 is 2.37 bits per heavy atom. The minimum Gasteiger partial charge on any atom is -0.460 e. The highest BCUT2D eigenvalue weighted by Crippen LogP contribution is 2.69. The van der Waals surface area contributed by atoms with E-state index in [0.717, 1.165) is 32.1 Å². The van der Waals surface area contributed by atoms with E-state index in [0.29, 0.717) is 48.3 Å². The van der Waals surface area contributed by atoms with E-state index in [1.54, 1.807) is 0 Å². The first-order chi connectivity index (χ1) is 16.2. The molecule has 0 amide bonds. The highest BCUT2D eigenvalue weighted by Gasteiger charge is 2.67. The highest BCUT2D eigenvalue weighted by atomic mass is 16.6. The first kappa shape index (κ1) is 27.4. The predicted octanol–water partition coefficient (Wildman–Crippen LogP) is 5.49. The van der Waals surface area contributed by atoms with Crippen LogP contribution in [0, 0.1) is 46.3 Å². The summed E-state index contributed by atoms with van der Waals surface area (Å²) in [6.07, 6.45) is 8.29. The van der Waals surface area contributed by atoms with Gasteiger partial charge in [0.25, 0.3) is 0 Å². The van der Waals surface area contributed by atoms with Crippen LogP contribution in [0.2, 0.25) is 0 Å². The van der Waals surface area contributed by atoms with Gasteiger partial charge < -0.3 is 20.1 Å². The average molecular weight is 493 g/mol. The van der Waals surface area contributed by atoms with Crippen LogP contribution in [0.15, 0.2) is 0 Å². The molecule has 0 spiro atoms. The van der Waals surface area contributed by atoms with Crippen molar-refractivity contribution < 1.29 is 24.9 Å². The monoisotopic (exact) mass is 492 g/mol. The van der Waals surface area contributed by atoms with Gasteiger partial charge in [0.1, 0.15) is 5.60 Å². The third-order valence-corrected chi connectivity index (χ3v) is 12.2. The normalized spacial score (nSPS) is 47.3. The van der Waals surface area contributed by atoms with Crippen LogP contribution >= 0.6 is 0 Å². The standard InChI is InChI=1S/C30H52O5/c1-18(8-9-19(2)27(4,5)35-20(3)31)23-10-11-24-22-16-26(33)30(34)17-21(32)12-15-29(30,7)25(22)13-14-28(23,24)6/h18-19,21-26,32-34H,8-17H2,1-7H3/t18-,19+,21+,22-,23-,24+,25-,26-,28-,29-,30+/m1/s1. The van der Waals surface area contributed by atoms with Crippen molar-refractivity contribution in [2.45, 2.75) is 136 Å². The molecule has 4 aliphatic rings. The van der Waals surface area contributed by atoms with Crippen molar-refractivity contribution in [2.24, 2.45) is 46.3 Å². The van der Waals surface area contributed by atoms with Crippen molar-refractivity contribution >= 4 is 5.97 Å². The lowest BCUT2D eigenvalue weighted by Gasteiger charge is -2.65. The van der Waals surface area contributed by atoms with Gasteiger partial charge in [0.15, 0.2) is 0 Å². The average Bonchev–Trinajstić information content (AvgIpc) is 3.10. The molecule has 0 bridgehead atoms. The summed E-state index contributed by atoms with van der Waals surface area (Å²) >= 11 is 0. The summed E-state index contributed by atoms with van der Waals surface area (Å²) in [6, 6.07) is 0. The van der Waals surface area contributed by atoms with Crippen LogP contribution in [0.5, 0.6) is 0 Å². The molecule has 0 heterocycles. The van der Waals surface area contributed by atoms with Crippen LogP contribution in [0.25, 0.3) is 0 Å². The molecule has 5 heteroatoms. The Bertz CT molecular complexity index is 796. The zero-order valence-electron chi connectivity index (χ0n) is 23.3. The van der Waals surface area contributed by atoms with E-state index in [9.17, 15) is 20.1 Å². The Morgan fingerprint density at radius 1 is 1.03 bits per heavy atom. The number of hydrogen-bond donors (Lipinski definition) is 3. The van der Waals surface area contributed by atoms with Crippen molar-refractivity contribution in [3.8, 4) is 0 Å². The quantitative estimate of drug-likeness (QED) is 0.427. The first-order valence-electron chi connectivity index (χ1n) is 14.4. The van der Waals surface area contributed by atoms with Gasteiger partial charge in [0.2, 0.25) is 0 Å². The summed E-state index contributed by atoms with van der Waals surface area (Å²) in [5, 5.41) is 33.2. The molecule has 0 aromatic carbocycles. The largest absolute Gasteiger partial charge is 0.460 e. The molecule has 0 unspecified atom stereocenters. The number of carbonyl (C=O) groups excluding carboxylic acids is 1. The zero-order valence-corrected chi connectivity index (χ0v) is 23.3. The fourth-order valence-corrected chi connectivity index (χ4v) is 9.77. The Morgan fingerprint density at radius 2 is 1.71 bits per heavy atom. The molecule has 4 rings (SSSR count). The Hall–Kier alpha value is -0.650. The summed E-state index contributed by atoms with van der Waals surface area (Å²) in [4.78, 5) is 11.5. The van der Waals surface area contributed by atoms with Crippen molar-refractivity contribution in [3.05, 3.63) is 0 Å². The number of ether oxygens (including phenoxy) is 1. The van der Waals surface area contributed by atoms with Crippen molar-refractivity contribution in [1.29, 1.82) is 0 Å². The van der Waals surface area contributed by atoms with Crippen LogP contribution in [-0.2, 0) is 9.53 Å². The van der Waals surface area contributed by atoms with Gasteiger partial charge in [-0.3, -0.25) is 4.79 Å². The summed E-state index contributed by atoms with van der Waals surface area (Å²) in [7, 11) is 0. The number of aliphatic hydroxyl groups excluding tert-OH is 2. The Kier molecular flexibility index (Phi) is 7.26. The maximum absolute atomic E-state index is 11.7. The highest BCUT2D eigenvalue weighted by molar-refractivity contribution is 5.66. The second-order valence-corrected chi connectivity index (χ2v) is 14.2. The van der Waals surface area contributed by atoms with Gasteiger partial charge in [-0.15, -0.1) is 0 Å². The molecule has 202 valence electrons. The van der Waals surface area contributed by atoms with Gasteiger partial charge in [-0.05, 0) is 106 Å². The lowest BCUT2D eigenvalue weighted by Crippen LogP contribution is -2.68. The maximum atomic E-state index is 11.7. The van der Waals surface area contributed by atoms with E-state index in [2.05, 4.69) is 27.7 Å². The fraction of sp³-hybridized carbons (Fsp3) is 0.967. The van der Waals surface area contributed by atoms with Crippen molar-refractivity contribution in [1.82, 2.24) is 0 Å². The Labute approximate surface area is 213 Å². The number of esters is 1. The molecule has 11 atom stereocenters. The molecule has 0 saturated heterocycles. The fourth-order valence-electron chi connectivity index (χ4n) is 9.77. The molecule has 5 nitrogen and oxygen atoms in total. The molecular formula is C30H52O5. The summed E-state index contributed by atoms with van der Waals surface area (Å²) in [5.41, 5.74) is -1.62. The molecule has 4 saturated carbocycles. The molecule has 0 aromatic rings. The SMILES string of the molecule is CC(=O)OC(C)(C)[C@@H](C)CC[C@@H](C)[C@H]1CC[C@H]2[C@H]3C[C@@H](O)[C@@]4(O)C[C@@H](O)CC[C@]4(C)[C@@H]3CC[C@]12C. The maximum Gasteiger partial charge on any atom is 0.303 e. The van der Waals surface area contributed by atoms with E-state index >= 15 is 0 Å². The molecule has 0 aromatic heterocycles. The number of carbonyl (C=O) groups is 1. The predicted molar refractivity (Wildman–Crippen MR) is 137 cm³/mol. The van der Waals surface area contributed by atoms with Crippen LogP contribution in [0.3, 0.4) is 0 Å². The molecular weight excluding hydrogens is 440 g/mol. The molecule has 0 aliphatic heterocycles. The van der Waals surface area contributed by atoms with Gasteiger partial charge >= 0.3 is 5.97 Å². The second-order valence-electron chi connectivity index (χ2n) is 14.2. The number of rotatable bonds is 6. The number of fused-ring (bicyclic) bond motifs is 5. The molecule has 35 heavy (non-hydrogen) atoms. The number of hydrogen-bond acceptors (Lipinski definition) is 5. The third-order valence-electron chi connectivity index (χ3n) is 12.2. The minimum atomic E-state index is -1.16. The van der Waals surface area contributed by atoms with Crippen LogP contribution in [0.4, 0.5) is 0 Å². The van der Waals surface area contributed by atoms with E-state index < -0.39 is 23.4 Å². The minimum absolute atomic E-state index is 0.208. The van der Waals surface area contributed by atoms with Gasteiger partial charge in [-0.1, -0.05) is 34.1 Å². The van der Waals surface area contributed by atoms with Crippen molar-refractivity contribution in [3.63, 3.8) is 0 Å². The topological polar surface area (TPSA) is 87.0 Å². The van der Waals surface area contributed by atoms with E-state index in [-0.39, 0.29) is 16.8 Å². The van der Waals surface area contributed by atoms with E-state index in [1.807, 2.05) is 13.8 Å². The van der Waals surface area contributed by atoms with Gasteiger partial charge in [0, 0.05) is 18.8 Å². The summed E-state index contributed by atoms with van der Waals surface area (Å²) in [6.45, 7) is 14.9. The molecule has 3 N–H and O–H groups in total. The summed E-state index contributed by atoms with van der Waals surface area (Å²) in [5.74, 6) is 2.89. The van der Waals surface area contributed by atoms with Gasteiger partial charge in [0.05, 0.1) is 17.8 Å².